The molecule has 2 rings (SSSR count). The van der Waals surface area contributed by atoms with Crippen molar-refractivity contribution in [2.75, 3.05) is 0 Å². The summed E-state index contributed by atoms with van der Waals surface area (Å²) < 4.78 is 6.58. The second-order valence-corrected chi connectivity index (χ2v) is 4.41. The maximum Gasteiger partial charge on any atom is 0.320 e. The number of nitrogens with zero attached hydrogens (tertiary/aromatic N) is 5. The number of hydrogen-bond donors (Lipinski definition) is 2. The molecule has 0 saturated carbocycles. The van der Waals surface area contributed by atoms with Crippen LogP contribution in [-0.4, -0.2) is 42.3 Å². The van der Waals surface area contributed by atoms with Gasteiger partial charge in [0.2, 0.25) is 5.89 Å². The number of rotatable bonds is 7. The van der Waals surface area contributed by atoms with Crippen molar-refractivity contribution in [2.45, 2.75) is 38.8 Å². The van der Waals surface area contributed by atoms with Gasteiger partial charge in [-0.2, -0.15) is 4.98 Å². The number of carbonyl (C=O) groups is 1. The van der Waals surface area contributed by atoms with Gasteiger partial charge in [-0.05, 0) is 6.42 Å². The lowest BCUT2D eigenvalue weighted by Gasteiger charge is -2.01. The number of aromatic nitrogens is 5. The fraction of sp³-hybridized carbons (Fsp3) is 0.545. The molecule has 9 heteroatoms. The van der Waals surface area contributed by atoms with Gasteiger partial charge in [0, 0.05) is 19.0 Å². The quantitative estimate of drug-likeness (QED) is 0.701. The first-order chi connectivity index (χ1) is 9.58. The van der Waals surface area contributed by atoms with Gasteiger partial charge in [-0.3, -0.25) is 4.79 Å². The van der Waals surface area contributed by atoms with E-state index >= 15 is 0 Å². The highest BCUT2D eigenvalue weighted by Gasteiger charge is 2.15. The van der Waals surface area contributed by atoms with Crippen molar-refractivity contribution in [1.29, 1.82) is 0 Å². The fourth-order valence-electron chi connectivity index (χ4n) is 1.64. The Balaban J connectivity index is 1.96. The predicted octanol–water partition coefficient (Wildman–Crippen LogP) is -0.384. The Morgan fingerprint density at radius 1 is 1.60 bits per heavy atom. The lowest BCUT2D eigenvalue weighted by molar-refractivity contribution is -0.138. The standard InChI is InChI=1S/C11H16N6O3/c1-2-3-10-13-9(15-20-10)6-17-5-7(14-16-17)4-8(12)11(18)19/h5,8H,2-4,6,12H2,1H3,(H,18,19). The maximum atomic E-state index is 10.7. The number of nitrogens with two attached hydrogens (primary N) is 1. The summed E-state index contributed by atoms with van der Waals surface area (Å²) in [7, 11) is 0. The average Bonchev–Trinajstić information content (AvgIpc) is 3.00. The van der Waals surface area contributed by atoms with Gasteiger partial charge in [-0.1, -0.05) is 17.3 Å². The van der Waals surface area contributed by atoms with Crippen molar-refractivity contribution in [3.05, 3.63) is 23.6 Å². The van der Waals surface area contributed by atoms with Crippen LogP contribution in [0.15, 0.2) is 10.7 Å². The van der Waals surface area contributed by atoms with Crippen molar-refractivity contribution < 1.29 is 14.4 Å². The molecular weight excluding hydrogens is 264 g/mol. The fourth-order valence-corrected chi connectivity index (χ4v) is 1.64. The van der Waals surface area contributed by atoms with Crippen LogP contribution in [0.3, 0.4) is 0 Å². The largest absolute Gasteiger partial charge is 0.480 e. The maximum absolute atomic E-state index is 10.7. The lowest BCUT2D eigenvalue weighted by atomic mass is 10.2. The van der Waals surface area contributed by atoms with E-state index in [2.05, 4.69) is 20.5 Å². The highest BCUT2D eigenvalue weighted by molar-refractivity contribution is 5.73. The van der Waals surface area contributed by atoms with Crippen molar-refractivity contribution >= 4 is 5.97 Å². The molecule has 2 aromatic heterocycles. The van der Waals surface area contributed by atoms with Crippen LogP contribution in [0.25, 0.3) is 0 Å². The van der Waals surface area contributed by atoms with Crippen LogP contribution in [0, 0.1) is 0 Å². The van der Waals surface area contributed by atoms with Gasteiger partial charge in [0.1, 0.15) is 12.6 Å². The zero-order valence-corrected chi connectivity index (χ0v) is 11.1. The van der Waals surface area contributed by atoms with Crippen molar-refractivity contribution in [3.8, 4) is 0 Å². The summed E-state index contributed by atoms with van der Waals surface area (Å²) in [5, 5.41) is 20.3. The highest BCUT2D eigenvalue weighted by Crippen LogP contribution is 2.03. The Morgan fingerprint density at radius 3 is 3.10 bits per heavy atom. The molecule has 0 radical (unpaired) electrons. The number of carboxylic acids is 1. The summed E-state index contributed by atoms with van der Waals surface area (Å²) in [6, 6.07) is -0.985. The summed E-state index contributed by atoms with van der Waals surface area (Å²) in [6.07, 6.45) is 3.42. The minimum absolute atomic E-state index is 0.128. The van der Waals surface area contributed by atoms with E-state index < -0.39 is 12.0 Å². The molecule has 2 heterocycles. The molecule has 9 nitrogen and oxygen atoms in total. The van der Waals surface area contributed by atoms with E-state index in [-0.39, 0.29) is 6.42 Å². The van der Waals surface area contributed by atoms with Crippen LogP contribution in [0.1, 0.15) is 30.8 Å². The minimum Gasteiger partial charge on any atom is -0.480 e. The van der Waals surface area contributed by atoms with Crippen LogP contribution >= 0.6 is 0 Å². The molecule has 108 valence electrons. The molecule has 2 aromatic rings. The first-order valence-electron chi connectivity index (χ1n) is 6.27. The zero-order valence-electron chi connectivity index (χ0n) is 11.1. The molecule has 20 heavy (non-hydrogen) atoms. The summed E-state index contributed by atoms with van der Waals surface area (Å²) in [5.74, 6) is 0.0325. The predicted molar refractivity (Wildman–Crippen MR) is 66.7 cm³/mol. The molecule has 3 N–H and O–H groups in total. The van der Waals surface area contributed by atoms with Gasteiger partial charge in [-0.15, -0.1) is 5.10 Å². The molecule has 0 aliphatic heterocycles. The molecule has 1 unspecified atom stereocenters. The molecular formula is C11H16N6O3. The van der Waals surface area contributed by atoms with Gasteiger partial charge in [0.05, 0.1) is 5.69 Å². The van der Waals surface area contributed by atoms with E-state index in [1.165, 1.54) is 4.68 Å². The van der Waals surface area contributed by atoms with Crippen LogP contribution in [0.5, 0.6) is 0 Å². The summed E-state index contributed by atoms with van der Waals surface area (Å²) in [4.78, 5) is 14.9. The van der Waals surface area contributed by atoms with Gasteiger partial charge in [0.15, 0.2) is 5.82 Å². The Labute approximate surface area is 114 Å². The molecule has 0 saturated heterocycles. The van der Waals surface area contributed by atoms with Gasteiger partial charge < -0.3 is 15.4 Å². The first kappa shape index (κ1) is 14.1. The van der Waals surface area contributed by atoms with Crippen LogP contribution in [-0.2, 0) is 24.2 Å². The van der Waals surface area contributed by atoms with Crippen molar-refractivity contribution in [2.24, 2.45) is 5.73 Å². The monoisotopic (exact) mass is 280 g/mol. The smallest absolute Gasteiger partial charge is 0.320 e. The lowest BCUT2D eigenvalue weighted by Crippen LogP contribution is -2.32. The molecule has 0 spiro atoms. The molecule has 0 aromatic carbocycles. The van der Waals surface area contributed by atoms with E-state index in [1.54, 1.807) is 6.20 Å². The molecule has 0 aliphatic carbocycles. The van der Waals surface area contributed by atoms with E-state index in [9.17, 15) is 4.79 Å². The summed E-state index contributed by atoms with van der Waals surface area (Å²) in [5.41, 5.74) is 5.94. The van der Waals surface area contributed by atoms with Gasteiger partial charge >= 0.3 is 5.97 Å². The average molecular weight is 280 g/mol. The normalized spacial score (nSPS) is 12.5. The topological polar surface area (TPSA) is 133 Å². The molecule has 0 fully saturated rings. The molecule has 0 bridgehead atoms. The number of aliphatic carboxylic acids is 1. The van der Waals surface area contributed by atoms with E-state index in [1.807, 2.05) is 6.92 Å². The Morgan fingerprint density at radius 2 is 2.40 bits per heavy atom. The summed E-state index contributed by atoms with van der Waals surface area (Å²) in [6.45, 7) is 2.35. The van der Waals surface area contributed by atoms with Crippen LogP contribution in [0.4, 0.5) is 0 Å². The Bertz CT molecular complexity index is 578. The number of aryl methyl sites for hydroxylation is 1. The minimum atomic E-state index is -1.07. The summed E-state index contributed by atoms with van der Waals surface area (Å²) >= 11 is 0. The molecule has 1 atom stereocenters. The SMILES string of the molecule is CCCc1nc(Cn2cc(CC(N)C(=O)O)nn2)no1. The van der Waals surface area contributed by atoms with Crippen LogP contribution in [0.2, 0.25) is 0 Å². The van der Waals surface area contributed by atoms with E-state index in [0.29, 0.717) is 24.0 Å². The Hall–Kier alpha value is -2.29. The van der Waals surface area contributed by atoms with Gasteiger partial charge in [-0.25, -0.2) is 4.68 Å². The van der Waals surface area contributed by atoms with E-state index in [0.717, 1.165) is 12.8 Å². The molecule has 0 aliphatic rings. The van der Waals surface area contributed by atoms with Crippen LogP contribution < -0.4 is 5.73 Å². The Kier molecular flexibility index (Phi) is 4.41. The second kappa shape index (κ2) is 6.24. The van der Waals surface area contributed by atoms with Gasteiger partial charge in [0.25, 0.3) is 0 Å². The first-order valence-corrected chi connectivity index (χ1v) is 6.27. The van der Waals surface area contributed by atoms with Crippen molar-refractivity contribution in [1.82, 2.24) is 25.1 Å². The highest BCUT2D eigenvalue weighted by atomic mass is 16.5. The van der Waals surface area contributed by atoms with Crippen molar-refractivity contribution in [3.63, 3.8) is 0 Å². The third-order valence-corrected chi connectivity index (χ3v) is 2.61. The zero-order chi connectivity index (χ0) is 14.5. The third kappa shape index (κ3) is 3.60. The number of carboxylic acid groups (broad SMARTS) is 1. The third-order valence-electron chi connectivity index (χ3n) is 2.61. The van der Waals surface area contributed by atoms with E-state index in [4.69, 9.17) is 15.4 Å². The second-order valence-electron chi connectivity index (χ2n) is 4.41. The number of hydrogen-bond acceptors (Lipinski definition) is 7. The molecule has 0 amide bonds.